The first-order valence-electron chi connectivity index (χ1n) is 5.19. The lowest BCUT2D eigenvalue weighted by Crippen LogP contribution is -2.17. The maximum atomic E-state index is 11.3. The van der Waals surface area contributed by atoms with Crippen molar-refractivity contribution in [1.29, 1.82) is 0 Å². The second-order valence-electron chi connectivity index (χ2n) is 3.53. The summed E-state index contributed by atoms with van der Waals surface area (Å²) in [6.45, 7) is 1.72. The maximum Gasteiger partial charge on any atom is 0.335 e. The van der Waals surface area contributed by atoms with Gasteiger partial charge in [0.15, 0.2) is 9.84 Å². The average molecular weight is 293 g/mol. The van der Waals surface area contributed by atoms with E-state index in [1.54, 1.807) is 6.92 Å². The molecular formula is C10H13ClN2O4S. The van der Waals surface area contributed by atoms with Crippen LogP contribution in [-0.2, 0) is 9.84 Å². The summed E-state index contributed by atoms with van der Waals surface area (Å²) in [5, 5.41) is 11.6. The van der Waals surface area contributed by atoms with Gasteiger partial charge in [-0.2, -0.15) is 0 Å². The van der Waals surface area contributed by atoms with Gasteiger partial charge >= 0.3 is 5.97 Å². The van der Waals surface area contributed by atoms with Crippen LogP contribution in [0.5, 0.6) is 0 Å². The lowest BCUT2D eigenvalue weighted by molar-refractivity contribution is 0.0697. The van der Waals surface area contributed by atoms with Crippen LogP contribution in [0.1, 0.15) is 17.3 Å². The van der Waals surface area contributed by atoms with Crippen molar-refractivity contribution in [2.24, 2.45) is 0 Å². The zero-order chi connectivity index (χ0) is 13.8. The topological polar surface area (TPSA) is 96.4 Å². The molecule has 0 saturated carbocycles. The van der Waals surface area contributed by atoms with Gasteiger partial charge in [0.1, 0.15) is 11.0 Å². The summed E-state index contributed by atoms with van der Waals surface area (Å²) in [5.74, 6) is -0.854. The standard InChI is InChI=1S/C10H13ClN2O4S/c1-2-18(16,17)4-3-12-9-6-7(10(14)15)5-8(11)13-9/h5-6H,2-4H2,1H3,(H,12,13)(H,14,15). The van der Waals surface area contributed by atoms with E-state index >= 15 is 0 Å². The predicted molar refractivity (Wildman–Crippen MR) is 69.0 cm³/mol. The number of hydrogen-bond donors (Lipinski definition) is 2. The third kappa shape index (κ3) is 4.50. The number of halogens is 1. The first-order chi connectivity index (χ1) is 8.34. The fraction of sp³-hybridized carbons (Fsp3) is 0.400. The van der Waals surface area contributed by atoms with Gasteiger partial charge in [0.25, 0.3) is 0 Å². The second-order valence-corrected chi connectivity index (χ2v) is 6.39. The van der Waals surface area contributed by atoms with Crippen LogP contribution in [0, 0.1) is 0 Å². The van der Waals surface area contributed by atoms with E-state index in [0.717, 1.165) is 0 Å². The Bertz CT molecular complexity index is 545. The van der Waals surface area contributed by atoms with Gasteiger partial charge in [-0.1, -0.05) is 18.5 Å². The molecule has 8 heteroatoms. The van der Waals surface area contributed by atoms with Crippen LogP contribution in [0.3, 0.4) is 0 Å². The van der Waals surface area contributed by atoms with Crippen molar-refractivity contribution in [3.8, 4) is 0 Å². The smallest absolute Gasteiger partial charge is 0.335 e. The normalized spacial score (nSPS) is 11.2. The molecule has 0 radical (unpaired) electrons. The monoisotopic (exact) mass is 292 g/mol. The minimum Gasteiger partial charge on any atom is -0.478 e. The number of carboxylic acid groups (broad SMARTS) is 1. The number of nitrogens with one attached hydrogen (secondary N) is 1. The molecule has 0 bridgehead atoms. The Morgan fingerprint density at radius 1 is 1.50 bits per heavy atom. The highest BCUT2D eigenvalue weighted by Crippen LogP contribution is 2.14. The van der Waals surface area contributed by atoms with E-state index in [2.05, 4.69) is 10.3 Å². The molecule has 0 aliphatic heterocycles. The SMILES string of the molecule is CCS(=O)(=O)CCNc1cc(C(=O)O)cc(Cl)n1. The lowest BCUT2D eigenvalue weighted by Gasteiger charge is -2.06. The van der Waals surface area contributed by atoms with Crippen LogP contribution in [0.4, 0.5) is 5.82 Å². The van der Waals surface area contributed by atoms with Crippen LogP contribution >= 0.6 is 11.6 Å². The van der Waals surface area contributed by atoms with Crippen molar-refractivity contribution < 1.29 is 18.3 Å². The molecule has 0 atom stereocenters. The number of carbonyl (C=O) groups is 1. The third-order valence-electron chi connectivity index (χ3n) is 2.20. The Kier molecular flexibility index (Phi) is 4.92. The molecule has 0 aromatic carbocycles. The summed E-state index contributed by atoms with van der Waals surface area (Å²) in [6.07, 6.45) is 0. The molecule has 0 spiro atoms. The summed E-state index contributed by atoms with van der Waals surface area (Å²) in [7, 11) is -3.07. The highest BCUT2D eigenvalue weighted by Gasteiger charge is 2.09. The Balaban J connectivity index is 2.71. The summed E-state index contributed by atoms with van der Waals surface area (Å²) in [5.41, 5.74) is -0.00384. The van der Waals surface area contributed by atoms with Gasteiger partial charge in [-0.15, -0.1) is 0 Å². The van der Waals surface area contributed by atoms with Gasteiger partial charge in [0.05, 0.1) is 11.3 Å². The Morgan fingerprint density at radius 3 is 2.72 bits per heavy atom. The predicted octanol–water partition coefficient (Wildman–Crippen LogP) is 1.28. The van der Waals surface area contributed by atoms with E-state index < -0.39 is 15.8 Å². The van der Waals surface area contributed by atoms with Crippen molar-refractivity contribution >= 4 is 33.2 Å². The summed E-state index contributed by atoms with van der Waals surface area (Å²) < 4.78 is 22.5. The van der Waals surface area contributed by atoms with Gasteiger partial charge < -0.3 is 10.4 Å². The highest BCUT2D eigenvalue weighted by atomic mass is 35.5. The van der Waals surface area contributed by atoms with Crippen LogP contribution in [-0.4, -0.2) is 42.5 Å². The van der Waals surface area contributed by atoms with Crippen molar-refractivity contribution in [3.05, 3.63) is 22.8 Å². The Morgan fingerprint density at radius 2 is 2.17 bits per heavy atom. The average Bonchev–Trinajstić information content (AvgIpc) is 2.28. The molecule has 0 unspecified atom stereocenters. The number of anilines is 1. The van der Waals surface area contributed by atoms with E-state index in [0.29, 0.717) is 0 Å². The Hall–Kier alpha value is -1.34. The van der Waals surface area contributed by atoms with Crippen molar-refractivity contribution in [3.63, 3.8) is 0 Å². The van der Waals surface area contributed by atoms with Crippen LogP contribution in [0.25, 0.3) is 0 Å². The maximum absolute atomic E-state index is 11.3. The molecular weight excluding hydrogens is 280 g/mol. The number of pyridine rings is 1. The zero-order valence-corrected chi connectivity index (χ0v) is 11.3. The fourth-order valence-electron chi connectivity index (χ4n) is 1.19. The lowest BCUT2D eigenvalue weighted by atomic mass is 10.2. The molecule has 6 nitrogen and oxygen atoms in total. The fourth-order valence-corrected chi connectivity index (χ4v) is 2.10. The molecule has 0 aliphatic rings. The van der Waals surface area contributed by atoms with Crippen LogP contribution in [0.2, 0.25) is 5.15 Å². The third-order valence-corrected chi connectivity index (χ3v) is 4.10. The highest BCUT2D eigenvalue weighted by molar-refractivity contribution is 7.91. The van der Waals surface area contributed by atoms with Crippen molar-refractivity contribution in [2.75, 3.05) is 23.4 Å². The number of rotatable bonds is 6. The van der Waals surface area contributed by atoms with E-state index in [-0.39, 0.29) is 34.6 Å². The summed E-state index contributed by atoms with van der Waals surface area (Å²) >= 11 is 5.66. The van der Waals surface area contributed by atoms with Crippen LogP contribution in [0.15, 0.2) is 12.1 Å². The van der Waals surface area contributed by atoms with Gasteiger partial charge in [-0.3, -0.25) is 0 Å². The number of nitrogens with zero attached hydrogens (tertiary/aromatic N) is 1. The van der Waals surface area contributed by atoms with Gasteiger partial charge in [-0.25, -0.2) is 18.2 Å². The number of aromatic nitrogens is 1. The van der Waals surface area contributed by atoms with E-state index in [1.807, 2.05) is 0 Å². The number of sulfone groups is 1. The molecule has 1 aromatic heterocycles. The summed E-state index contributed by atoms with van der Waals surface area (Å²) in [6, 6.07) is 2.52. The molecule has 1 aromatic rings. The van der Waals surface area contributed by atoms with E-state index in [4.69, 9.17) is 16.7 Å². The minimum absolute atomic E-state index is 0.00384. The van der Waals surface area contributed by atoms with Crippen molar-refractivity contribution in [2.45, 2.75) is 6.92 Å². The second kappa shape index (κ2) is 6.01. The minimum atomic E-state index is -3.07. The first kappa shape index (κ1) is 14.7. The Labute approximate surface area is 110 Å². The summed E-state index contributed by atoms with van der Waals surface area (Å²) in [4.78, 5) is 14.6. The molecule has 0 aliphatic carbocycles. The van der Waals surface area contributed by atoms with E-state index in [9.17, 15) is 13.2 Å². The molecule has 1 rings (SSSR count). The number of hydrogen-bond acceptors (Lipinski definition) is 5. The van der Waals surface area contributed by atoms with E-state index in [1.165, 1.54) is 12.1 Å². The molecule has 18 heavy (non-hydrogen) atoms. The first-order valence-corrected chi connectivity index (χ1v) is 7.39. The molecule has 0 saturated heterocycles. The zero-order valence-electron chi connectivity index (χ0n) is 9.68. The molecule has 0 amide bonds. The molecule has 2 N–H and O–H groups in total. The molecule has 1 heterocycles. The quantitative estimate of drug-likeness (QED) is 0.767. The number of carboxylic acids is 1. The van der Waals surface area contributed by atoms with Gasteiger partial charge in [-0.05, 0) is 12.1 Å². The largest absolute Gasteiger partial charge is 0.478 e. The van der Waals surface area contributed by atoms with Gasteiger partial charge in [0.2, 0.25) is 0 Å². The molecule has 0 fully saturated rings. The number of aromatic carboxylic acids is 1. The van der Waals surface area contributed by atoms with Gasteiger partial charge in [0, 0.05) is 12.3 Å². The van der Waals surface area contributed by atoms with Crippen molar-refractivity contribution in [1.82, 2.24) is 4.98 Å². The van der Waals surface area contributed by atoms with Crippen LogP contribution < -0.4 is 5.32 Å². The molecule has 100 valence electrons.